The Bertz CT molecular complexity index is 862. The number of carbonyl (C=O) groups excluding carboxylic acids is 1. The normalized spacial score (nSPS) is 16.5. The van der Waals surface area contributed by atoms with Crippen molar-refractivity contribution < 1.29 is 9.63 Å². The maximum absolute atomic E-state index is 12.5. The Kier molecular flexibility index (Phi) is 3.86. The van der Waals surface area contributed by atoms with E-state index >= 15 is 0 Å². The summed E-state index contributed by atoms with van der Waals surface area (Å²) in [6.45, 7) is 9.80. The van der Waals surface area contributed by atoms with Crippen molar-refractivity contribution in [1.82, 2.24) is 9.97 Å². The van der Waals surface area contributed by atoms with Gasteiger partial charge in [0.15, 0.2) is 11.3 Å². The van der Waals surface area contributed by atoms with Crippen LogP contribution in [0.5, 0.6) is 0 Å². The lowest BCUT2D eigenvalue weighted by atomic mass is 9.81. The SMILES string of the molecule is CC1(C)ON=C(c2ccc(C(C)(C)C)c(-c3cnc(N)cn3)c2)C1=O. The van der Waals surface area contributed by atoms with Crippen molar-refractivity contribution in [2.24, 2.45) is 5.16 Å². The fourth-order valence-electron chi connectivity index (χ4n) is 2.75. The van der Waals surface area contributed by atoms with E-state index in [4.69, 9.17) is 10.6 Å². The van der Waals surface area contributed by atoms with Crippen LogP contribution in [0.3, 0.4) is 0 Å². The summed E-state index contributed by atoms with van der Waals surface area (Å²) in [7, 11) is 0. The van der Waals surface area contributed by atoms with E-state index in [0.717, 1.165) is 11.1 Å². The van der Waals surface area contributed by atoms with E-state index in [0.29, 0.717) is 22.8 Å². The average Bonchev–Trinajstić information content (AvgIpc) is 2.80. The molecule has 0 unspecified atom stereocenters. The minimum absolute atomic E-state index is 0.103. The molecule has 1 aliphatic rings. The van der Waals surface area contributed by atoms with E-state index in [1.807, 2.05) is 18.2 Å². The number of nitrogens with zero attached hydrogens (tertiary/aromatic N) is 3. The Morgan fingerprint density at radius 3 is 2.36 bits per heavy atom. The van der Waals surface area contributed by atoms with Gasteiger partial charge in [-0.2, -0.15) is 0 Å². The molecule has 0 spiro atoms. The van der Waals surface area contributed by atoms with Crippen molar-refractivity contribution in [3.05, 3.63) is 41.7 Å². The summed E-state index contributed by atoms with van der Waals surface area (Å²) >= 11 is 0. The molecule has 6 heteroatoms. The first-order chi connectivity index (χ1) is 11.6. The molecule has 0 atom stereocenters. The second-order valence-corrected chi connectivity index (χ2v) is 7.71. The van der Waals surface area contributed by atoms with E-state index in [9.17, 15) is 4.79 Å². The zero-order valence-electron chi connectivity index (χ0n) is 15.1. The van der Waals surface area contributed by atoms with Crippen molar-refractivity contribution in [1.29, 1.82) is 0 Å². The smallest absolute Gasteiger partial charge is 0.230 e. The monoisotopic (exact) mass is 338 g/mol. The molecule has 0 fully saturated rings. The third-order valence-corrected chi connectivity index (χ3v) is 4.18. The Hall–Kier alpha value is -2.76. The second kappa shape index (κ2) is 5.65. The highest BCUT2D eigenvalue weighted by Gasteiger charge is 2.40. The number of nitrogens with two attached hydrogens (primary N) is 1. The Labute approximate surface area is 147 Å². The lowest BCUT2D eigenvalue weighted by Gasteiger charge is -2.23. The van der Waals surface area contributed by atoms with Crippen LogP contribution in [-0.2, 0) is 15.0 Å². The first-order valence-electron chi connectivity index (χ1n) is 8.13. The maximum Gasteiger partial charge on any atom is 0.230 e. The predicted octanol–water partition coefficient (Wildman–Crippen LogP) is 3.11. The Balaban J connectivity index is 2.15. The molecule has 1 aromatic heterocycles. The molecule has 6 nitrogen and oxygen atoms in total. The van der Waals surface area contributed by atoms with E-state index in [-0.39, 0.29) is 11.2 Å². The standard InChI is InChI=1S/C19H22N4O2/c1-18(2,3)13-7-6-11(16-17(24)19(4,5)25-23-16)8-12(13)14-9-22-15(20)10-21-14/h6-10H,1-5H3,(H2,20,22). The Morgan fingerprint density at radius 2 is 1.84 bits per heavy atom. The van der Waals surface area contributed by atoms with Crippen molar-refractivity contribution in [2.75, 3.05) is 5.73 Å². The number of carbonyl (C=O) groups is 1. The van der Waals surface area contributed by atoms with Crippen molar-refractivity contribution in [3.8, 4) is 11.3 Å². The molecule has 130 valence electrons. The fourth-order valence-corrected chi connectivity index (χ4v) is 2.75. The number of anilines is 1. The number of rotatable bonds is 2. The highest BCUT2D eigenvalue weighted by atomic mass is 16.7. The van der Waals surface area contributed by atoms with Gasteiger partial charge in [0.25, 0.3) is 0 Å². The van der Waals surface area contributed by atoms with Crippen LogP contribution in [0.2, 0.25) is 0 Å². The number of hydrogen-bond acceptors (Lipinski definition) is 6. The molecule has 2 aromatic rings. The van der Waals surface area contributed by atoms with Gasteiger partial charge in [0.05, 0.1) is 18.1 Å². The van der Waals surface area contributed by atoms with Gasteiger partial charge in [-0.3, -0.25) is 9.78 Å². The molecule has 1 aromatic carbocycles. The van der Waals surface area contributed by atoms with E-state index in [1.165, 1.54) is 6.20 Å². The predicted molar refractivity (Wildman–Crippen MR) is 97.3 cm³/mol. The minimum Gasteiger partial charge on any atom is -0.382 e. The summed E-state index contributed by atoms with van der Waals surface area (Å²) in [6, 6.07) is 5.82. The number of oxime groups is 1. The Morgan fingerprint density at radius 1 is 1.12 bits per heavy atom. The van der Waals surface area contributed by atoms with Crippen LogP contribution in [0.1, 0.15) is 45.7 Å². The van der Waals surface area contributed by atoms with Crippen LogP contribution in [0.25, 0.3) is 11.3 Å². The summed E-state index contributed by atoms with van der Waals surface area (Å²) in [5.74, 6) is 0.230. The van der Waals surface area contributed by atoms with Gasteiger partial charge in [0.2, 0.25) is 5.78 Å². The van der Waals surface area contributed by atoms with E-state index in [2.05, 4.69) is 35.9 Å². The fraction of sp³-hybridized carbons (Fsp3) is 0.368. The molecule has 25 heavy (non-hydrogen) atoms. The first kappa shape index (κ1) is 17.1. The topological polar surface area (TPSA) is 90.5 Å². The van der Waals surface area contributed by atoms with E-state index < -0.39 is 5.60 Å². The molecular weight excluding hydrogens is 316 g/mol. The average molecular weight is 338 g/mol. The number of benzene rings is 1. The molecule has 0 saturated heterocycles. The lowest BCUT2D eigenvalue weighted by molar-refractivity contribution is -0.128. The number of ketones is 1. The second-order valence-electron chi connectivity index (χ2n) is 7.71. The van der Waals surface area contributed by atoms with Crippen molar-refractivity contribution in [3.63, 3.8) is 0 Å². The van der Waals surface area contributed by atoms with Crippen LogP contribution >= 0.6 is 0 Å². The van der Waals surface area contributed by atoms with Gasteiger partial charge in [-0.05, 0) is 30.9 Å². The van der Waals surface area contributed by atoms with Gasteiger partial charge in [0.1, 0.15) is 5.82 Å². The zero-order chi connectivity index (χ0) is 18.4. The third kappa shape index (κ3) is 3.12. The van der Waals surface area contributed by atoms with Gasteiger partial charge in [0, 0.05) is 11.1 Å². The molecule has 3 rings (SSSR count). The molecule has 2 N–H and O–H groups in total. The third-order valence-electron chi connectivity index (χ3n) is 4.18. The summed E-state index contributed by atoms with van der Waals surface area (Å²) < 4.78 is 0. The minimum atomic E-state index is -0.931. The highest BCUT2D eigenvalue weighted by molar-refractivity contribution is 6.49. The largest absolute Gasteiger partial charge is 0.382 e. The quantitative estimate of drug-likeness (QED) is 0.908. The first-order valence-corrected chi connectivity index (χ1v) is 8.13. The van der Waals surface area contributed by atoms with Gasteiger partial charge in [-0.1, -0.05) is 38.1 Å². The van der Waals surface area contributed by atoms with Crippen LogP contribution in [0.15, 0.2) is 35.7 Å². The van der Waals surface area contributed by atoms with Gasteiger partial charge in [-0.25, -0.2) is 4.98 Å². The summed E-state index contributed by atoms with van der Waals surface area (Å²) in [4.78, 5) is 26.3. The number of Topliss-reactive ketones (excluding diaryl/α,β-unsaturated/α-hetero) is 1. The molecule has 0 saturated carbocycles. The molecule has 1 aliphatic heterocycles. The summed E-state index contributed by atoms with van der Waals surface area (Å²) in [6.07, 6.45) is 3.17. The van der Waals surface area contributed by atoms with Gasteiger partial charge in [-0.15, -0.1) is 0 Å². The van der Waals surface area contributed by atoms with Gasteiger partial charge < -0.3 is 10.6 Å². The molecule has 0 aliphatic carbocycles. The van der Waals surface area contributed by atoms with Crippen molar-refractivity contribution >= 4 is 17.3 Å². The summed E-state index contributed by atoms with van der Waals surface area (Å²) in [5.41, 5.74) is 8.35. The zero-order valence-corrected chi connectivity index (χ0v) is 15.1. The number of nitrogen functional groups attached to an aromatic ring is 1. The molecule has 0 radical (unpaired) electrons. The van der Waals surface area contributed by atoms with E-state index in [1.54, 1.807) is 20.0 Å². The van der Waals surface area contributed by atoms with Gasteiger partial charge >= 0.3 is 0 Å². The lowest BCUT2D eigenvalue weighted by Crippen LogP contribution is -2.33. The number of aromatic nitrogens is 2. The summed E-state index contributed by atoms with van der Waals surface area (Å²) in [5, 5.41) is 3.99. The van der Waals surface area contributed by atoms with Crippen LogP contribution in [-0.4, -0.2) is 27.1 Å². The molecule has 0 amide bonds. The van der Waals surface area contributed by atoms with Crippen LogP contribution < -0.4 is 5.73 Å². The van der Waals surface area contributed by atoms with Crippen LogP contribution in [0, 0.1) is 0 Å². The highest BCUT2D eigenvalue weighted by Crippen LogP contribution is 2.34. The maximum atomic E-state index is 12.5. The van der Waals surface area contributed by atoms with Crippen LogP contribution in [0.4, 0.5) is 5.82 Å². The molecular formula is C19H22N4O2. The number of hydrogen-bond donors (Lipinski definition) is 1. The molecule has 2 heterocycles. The van der Waals surface area contributed by atoms with Crippen molar-refractivity contribution in [2.45, 2.75) is 45.6 Å². The molecule has 0 bridgehead atoms.